The van der Waals surface area contributed by atoms with Gasteiger partial charge in [0.15, 0.2) is 0 Å². The Morgan fingerprint density at radius 2 is 1.86 bits per heavy atom. The van der Waals surface area contributed by atoms with Crippen LogP contribution in [0.1, 0.15) is 70.5 Å². The first-order chi connectivity index (χ1) is 21.4. The molecule has 1 aliphatic carbocycles. The van der Waals surface area contributed by atoms with Gasteiger partial charge in [0, 0.05) is 12.2 Å². The molecule has 2 saturated heterocycles. The summed E-state index contributed by atoms with van der Waals surface area (Å²) >= 11 is 1.30. The Morgan fingerprint density at radius 3 is 2.52 bits per heavy atom. The van der Waals surface area contributed by atoms with Crippen molar-refractivity contribution in [2.75, 3.05) is 31.2 Å². The normalized spacial score (nSPS) is 20.5. The Morgan fingerprint density at radius 1 is 1.09 bits per heavy atom. The van der Waals surface area contributed by atoms with Crippen LogP contribution in [0.2, 0.25) is 0 Å². The van der Waals surface area contributed by atoms with Gasteiger partial charge in [-0.15, -0.1) is 11.3 Å². The van der Waals surface area contributed by atoms with E-state index in [1.165, 1.54) is 29.7 Å². The SMILES string of the molecule is CC(COc1ccc(C(=O)O[C@H]2CCCN(C(=O)[C@H]3COC(=O)C3)C2)cc1)N(C(=O)c1cncs1)c1ccc(C2CC2)cc1. The van der Waals surface area contributed by atoms with Crippen molar-refractivity contribution in [3.8, 4) is 5.75 Å². The van der Waals surface area contributed by atoms with Crippen LogP contribution in [0, 0.1) is 5.92 Å². The first-order valence-corrected chi connectivity index (χ1v) is 15.9. The molecule has 2 aromatic carbocycles. The molecule has 3 atom stereocenters. The number of thiazole rings is 1. The number of piperidine rings is 1. The van der Waals surface area contributed by atoms with Crippen molar-refractivity contribution >= 4 is 40.8 Å². The van der Waals surface area contributed by atoms with E-state index in [1.807, 2.05) is 19.1 Å². The van der Waals surface area contributed by atoms with Crippen molar-refractivity contribution in [2.24, 2.45) is 5.92 Å². The van der Waals surface area contributed by atoms with Gasteiger partial charge in [-0.05, 0) is 80.5 Å². The van der Waals surface area contributed by atoms with Crippen LogP contribution in [0.3, 0.4) is 0 Å². The van der Waals surface area contributed by atoms with Gasteiger partial charge in [0.25, 0.3) is 5.91 Å². The fourth-order valence-corrected chi connectivity index (χ4v) is 6.25. The fraction of sp³-hybridized carbons (Fsp3) is 0.424. The maximum absolute atomic E-state index is 13.5. The minimum Gasteiger partial charge on any atom is -0.491 e. The second-order valence-corrected chi connectivity index (χ2v) is 12.5. The van der Waals surface area contributed by atoms with E-state index in [1.54, 1.807) is 45.8 Å². The lowest BCUT2D eigenvalue weighted by atomic mass is 10.0. The third kappa shape index (κ3) is 6.93. The average molecular weight is 618 g/mol. The van der Waals surface area contributed by atoms with Crippen LogP contribution in [0.25, 0.3) is 0 Å². The molecule has 0 bridgehead atoms. The molecule has 44 heavy (non-hydrogen) atoms. The number of benzene rings is 2. The third-order valence-corrected chi connectivity index (χ3v) is 9.04. The second kappa shape index (κ2) is 13.2. The molecule has 1 unspecified atom stereocenters. The minimum atomic E-state index is -0.473. The largest absolute Gasteiger partial charge is 0.491 e. The number of esters is 2. The zero-order valence-corrected chi connectivity index (χ0v) is 25.4. The zero-order chi connectivity index (χ0) is 30.6. The lowest BCUT2D eigenvalue weighted by molar-refractivity contribution is -0.139. The molecule has 11 heteroatoms. The zero-order valence-electron chi connectivity index (χ0n) is 24.6. The molecule has 230 valence electrons. The average Bonchev–Trinajstić information content (AvgIpc) is 3.55. The van der Waals surface area contributed by atoms with Crippen LogP contribution in [0.4, 0.5) is 5.69 Å². The molecule has 3 aliphatic rings. The van der Waals surface area contributed by atoms with Gasteiger partial charge in [-0.3, -0.25) is 19.4 Å². The van der Waals surface area contributed by atoms with Crippen molar-refractivity contribution in [3.05, 3.63) is 76.2 Å². The number of carbonyl (C=O) groups is 4. The highest BCUT2D eigenvalue weighted by atomic mass is 32.1. The maximum Gasteiger partial charge on any atom is 0.338 e. The van der Waals surface area contributed by atoms with Crippen LogP contribution in [-0.2, 0) is 19.1 Å². The number of likely N-dealkylation sites (tertiary alicyclic amines) is 1. The smallest absolute Gasteiger partial charge is 0.338 e. The number of nitrogens with zero attached hydrogens (tertiary/aromatic N) is 3. The van der Waals surface area contributed by atoms with E-state index in [0.29, 0.717) is 48.0 Å². The first kappa shape index (κ1) is 29.8. The molecule has 0 radical (unpaired) electrons. The molecule has 1 saturated carbocycles. The third-order valence-electron chi connectivity index (χ3n) is 8.28. The van der Waals surface area contributed by atoms with Crippen LogP contribution >= 0.6 is 11.3 Å². The minimum absolute atomic E-state index is 0.0981. The van der Waals surface area contributed by atoms with Gasteiger partial charge < -0.3 is 24.0 Å². The fourth-order valence-electron chi connectivity index (χ4n) is 5.70. The van der Waals surface area contributed by atoms with Crippen molar-refractivity contribution in [1.29, 1.82) is 0 Å². The van der Waals surface area contributed by atoms with Crippen LogP contribution in [0.5, 0.6) is 5.75 Å². The number of hydrogen-bond acceptors (Lipinski definition) is 9. The summed E-state index contributed by atoms with van der Waals surface area (Å²) in [4.78, 5) is 58.6. The highest BCUT2D eigenvalue weighted by Gasteiger charge is 2.36. The van der Waals surface area contributed by atoms with Gasteiger partial charge in [-0.25, -0.2) is 4.79 Å². The number of hydrogen-bond donors (Lipinski definition) is 0. The summed E-state index contributed by atoms with van der Waals surface area (Å²) in [6.07, 6.45) is 5.06. The van der Waals surface area contributed by atoms with E-state index >= 15 is 0 Å². The number of aromatic nitrogens is 1. The van der Waals surface area contributed by atoms with Crippen LogP contribution in [-0.4, -0.2) is 72.1 Å². The van der Waals surface area contributed by atoms with Gasteiger partial charge in [0.2, 0.25) is 5.91 Å². The quantitative estimate of drug-likeness (QED) is 0.297. The van der Waals surface area contributed by atoms with Gasteiger partial charge in [0.1, 0.15) is 29.9 Å². The van der Waals surface area contributed by atoms with E-state index in [0.717, 1.165) is 5.69 Å². The number of cyclic esters (lactones) is 1. The molecular formula is C33H35N3O7S. The summed E-state index contributed by atoms with van der Waals surface area (Å²) in [5.41, 5.74) is 4.12. The molecule has 2 amide bonds. The lowest BCUT2D eigenvalue weighted by Crippen LogP contribution is -2.46. The molecule has 2 aliphatic heterocycles. The Bertz CT molecular complexity index is 1490. The predicted octanol–water partition coefficient (Wildman–Crippen LogP) is 4.85. The number of ether oxygens (including phenoxy) is 3. The molecule has 0 N–H and O–H groups in total. The topological polar surface area (TPSA) is 115 Å². The molecule has 0 spiro atoms. The number of rotatable bonds is 10. The monoisotopic (exact) mass is 617 g/mol. The summed E-state index contributed by atoms with van der Waals surface area (Å²) < 4.78 is 16.7. The summed E-state index contributed by atoms with van der Waals surface area (Å²) in [6, 6.07) is 14.6. The molecule has 3 fully saturated rings. The van der Waals surface area contributed by atoms with Gasteiger partial charge in [-0.2, -0.15) is 0 Å². The second-order valence-electron chi connectivity index (χ2n) is 11.6. The Hall–Kier alpha value is -4.25. The maximum atomic E-state index is 13.5. The van der Waals surface area contributed by atoms with Crippen molar-refractivity contribution in [1.82, 2.24) is 9.88 Å². The molecular weight excluding hydrogens is 582 g/mol. The first-order valence-electron chi connectivity index (χ1n) is 15.1. The Kier molecular flexibility index (Phi) is 8.92. The molecule has 10 nitrogen and oxygen atoms in total. The Labute approximate surface area is 259 Å². The van der Waals surface area contributed by atoms with E-state index < -0.39 is 18.0 Å². The summed E-state index contributed by atoms with van der Waals surface area (Å²) in [5, 5.41) is 0. The number of anilines is 1. The molecule has 6 rings (SSSR count). The van der Waals surface area contributed by atoms with Crippen LogP contribution in [0.15, 0.2) is 60.2 Å². The highest BCUT2D eigenvalue weighted by molar-refractivity contribution is 7.11. The van der Waals surface area contributed by atoms with Gasteiger partial charge >= 0.3 is 11.9 Å². The molecule has 1 aromatic heterocycles. The van der Waals surface area contributed by atoms with E-state index in [4.69, 9.17) is 14.2 Å². The van der Waals surface area contributed by atoms with Crippen molar-refractivity contribution in [3.63, 3.8) is 0 Å². The molecule has 3 aromatic rings. The summed E-state index contributed by atoms with van der Waals surface area (Å²) in [6.45, 7) is 3.16. The lowest BCUT2D eigenvalue weighted by Gasteiger charge is -2.33. The van der Waals surface area contributed by atoms with Gasteiger partial charge in [-0.1, -0.05) is 12.1 Å². The van der Waals surface area contributed by atoms with Gasteiger partial charge in [0.05, 0.1) is 42.2 Å². The summed E-state index contributed by atoms with van der Waals surface area (Å²) in [5.74, 6) is -0.361. The highest BCUT2D eigenvalue weighted by Crippen LogP contribution is 2.40. The van der Waals surface area contributed by atoms with E-state index in [2.05, 4.69) is 17.1 Å². The summed E-state index contributed by atoms with van der Waals surface area (Å²) in [7, 11) is 0. The Balaban J connectivity index is 1.04. The number of amides is 2. The standard InChI is InChI=1S/C33H35N3O7S/c1-21(36(32(39)29-16-34-20-44-29)26-10-6-23(7-11-26)22-4-5-22)18-41-27-12-8-24(9-13-27)33(40)43-28-3-2-14-35(17-28)31(38)25-15-30(37)42-19-25/h6-13,16,20-22,25,28H,2-5,14-15,17-19H2,1H3/t21?,25-,28+/m1/s1. The van der Waals surface area contributed by atoms with E-state index in [9.17, 15) is 19.2 Å². The van der Waals surface area contributed by atoms with Crippen molar-refractivity contribution < 1.29 is 33.4 Å². The van der Waals surface area contributed by atoms with Crippen molar-refractivity contribution in [2.45, 2.75) is 57.1 Å². The molecule has 3 heterocycles. The van der Waals surface area contributed by atoms with Crippen LogP contribution < -0.4 is 9.64 Å². The predicted molar refractivity (Wildman–Crippen MR) is 163 cm³/mol. The van der Waals surface area contributed by atoms with E-state index in [-0.39, 0.29) is 43.5 Å². The number of carbonyl (C=O) groups excluding carboxylic acids is 4.